The Morgan fingerprint density at radius 3 is 2.28 bits per heavy atom. The molecule has 0 fully saturated rings. The quantitative estimate of drug-likeness (QED) is 0.711. The average Bonchev–Trinajstić information content (AvgIpc) is 2.35. The van der Waals surface area contributed by atoms with Gasteiger partial charge < -0.3 is 0 Å². The van der Waals surface area contributed by atoms with E-state index in [0.717, 1.165) is 5.56 Å². The molecule has 4 heteroatoms. The summed E-state index contributed by atoms with van der Waals surface area (Å²) in [6.45, 7) is 9.87. The number of aryl methyl sites for hydroxylation is 1. The molecule has 0 aliphatic rings. The molecule has 0 saturated heterocycles. The van der Waals surface area contributed by atoms with E-state index in [0.29, 0.717) is 24.4 Å². The van der Waals surface area contributed by atoms with E-state index in [1.54, 1.807) is 36.4 Å². The highest BCUT2D eigenvalue weighted by Gasteiger charge is 2.22. The summed E-state index contributed by atoms with van der Waals surface area (Å²) in [4.78, 5) is 0.319. The summed E-state index contributed by atoms with van der Waals surface area (Å²) in [7, 11) is -3.44. The van der Waals surface area contributed by atoms with E-state index >= 15 is 0 Å². The zero-order valence-corrected chi connectivity index (χ0v) is 11.5. The Hall–Kier alpha value is -1.39. The molecule has 3 nitrogen and oxygen atoms in total. The standard InChI is InChI=1S/C14H19NO2S/c1-4-6-12-15(11-5-2)18(16,17)14-9-7-13(3)8-10-14/h4-5,7-10H,1-2,6,11-12H2,3H3. The second-order valence-electron chi connectivity index (χ2n) is 4.04. The van der Waals surface area contributed by atoms with Crippen LogP contribution in [-0.2, 0) is 10.0 Å². The SMILES string of the molecule is C=CCCN(CC=C)S(=O)(=O)c1ccc(C)cc1. The molecule has 0 atom stereocenters. The minimum atomic E-state index is -3.44. The van der Waals surface area contributed by atoms with Crippen molar-refractivity contribution in [2.24, 2.45) is 0 Å². The van der Waals surface area contributed by atoms with E-state index in [-0.39, 0.29) is 0 Å². The lowest BCUT2D eigenvalue weighted by Gasteiger charge is -2.20. The molecule has 0 amide bonds. The van der Waals surface area contributed by atoms with Gasteiger partial charge in [-0.05, 0) is 25.5 Å². The smallest absolute Gasteiger partial charge is 0.207 e. The summed E-state index contributed by atoms with van der Waals surface area (Å²) >= 11 is 0. The monoisotopic (exact) mass is 265 g/mol. The molecule has 0 bridgehead atoms. The van der Waals surface area contributed by atoms with Crippen LogP contribution >= 0.6 is 0 Å². The van der Waals surface area contributed by atoms with Crippen molar-refractivity contribution in [3.8, 4) is 0 Å². The van der Waals surface area contributed by atoms with Crippen LogP contribution in [0.25, 0.3) is 0 Å². The molecule has 0 radical (unpaired) electrons. The first-order valence-corrected chi connectivity index (χ1v) is 7.25. The van der Waals surface area contributed by atoms with Gasteiger partial charge in [0.15, 0.2) is 0 Å². The van der Waals surface area contributed by atoms with Crippen LogP contribution in [0.3, 0.4) is 0 Å². The van der Waals surface area contributed by atoms with Crippen LogP contribution in [-0.4, -0.2) is 25.8 Å². The van der Waals surface area contributed by atoms with Gasteiger partial charge in [0.1, 0.15) is 0 Å². The van der Waals surface area contributed by atoms with Gasteiger partial charge >= 0.3 is 0 Å². The maximum absolute atomic E-state index is 12.4. The summed E-state index contributed by atoms with van der Waals surface area (Å²) < 4.78 is 26.2. The fraction of sp³-hybridized carbons (Fsp3) is 0.286. The van der Waals surface area contributed by atoms with Gasteiger partial charge in [-0.1, -0.05) is 29.8 Å². The molecule has 1 rings (SSSR count). The molecule has 1 aromatic carbocycles. The van der Waals surface area contributed by atoms with E-state index in [2.05, 4.69) is 13.2 Å². The summed E-state index contributed by atoms with van der Waals surface area (Å²) in [6, 6.07) is 6.86. The topological polar surface area (TPSA) is 37.4 Å². The molecule has 18 heavy (non-hydrogen) atoms. The third-order valence-electron chi connectivity index (χ3n) is 2.57. The largest absolute Gasteiger partial charge is 0.243 e. The van der Waals surface area contributed by atoms with Crippen molar-refractivity contribution in [1.82, 2.24) is 4.31 Å². The highest BCUT2D eigenvalue weighted by Crippen LogP contribution is 2.16. The Morgan fingerprint density at radius 2 is 1.78 bits per heavy atom. The van der Waals surface area contributed by atoms with Gasteiger partial charge in [0, 0.05) is 13.1 Å². The fourth-order valence-electron chi connectivity index (χ4n) is 1.55. The maximum atomic E-state index is 12.4. The Morgan fingerprint density at radius 1 is 1.17 bits per heavy atom. The van der Waals surface area contributed by atoms with Crippen LogP contribution in [0.2, 0.25) is 0 Å². The minimum absolute atomic E-state index is 0.310. The van der Waals surface area contributed by atoms with Crippen molar-refractivity contribution in [2.45, 2.75) is 18.2 Å². The summed E-state index contributed by atoms with van der Waals surface area (Å²) in [5, 5.41) is 0. The van der Waals surface area contributed by atoms with Crippen molar-refractivity contribution >= 4 is 10.0 Å². The second-order valence-corrected chi connectivity index (χ2v) is 5.98. The third kappa shape index (κ3) is 3.55. The van der Waals surface area contributed by atoms with Crippen LogP contribution in [0.15, 0.2) is 54.5 Å². The molecule has 0 aliphatic heterocycles. The highest BCUT2D eigenvalue weighted by atomic mass is 32.2. The summed E-state index contributed by atoms with van der Waals surface area (Å²) in [5.74, 6) is 0. The van der Waals surface area contributed by atoms with Crippen LogP contribution in [0.4, 0.5) is 0 Å². The Balaban J connectivity index is 3.03. The number of hydrogen-bond donors (Lipinski definition) is 0. The van der Waals surface area contributed by atoms with Gasteiger partial charge in [0.05, 0.1) is 4.90 Å². The second kappa shape index (κ2) is 6.52. The lowest BCUT2D eigenvalue weighted by molar-refractivity contribution is 0.448. The van der Waals surface area contributed by atoms with E-state index in [1.165, 1.54) is 4.31 Å². The van der Waals surface area contributed by atoms with Crippen molar-refractivity contribution in [3.63, 3.8) is 0 Å². The van der Waals surface area contributed by atoms with E-state index in [4.69, 9.17) is 0 Å². The first-order valence-electron chi connectivity index (χ1n) is 5.81. The van der Waals surface area contributed by atoms with Gasteiger partial charge in [-0.25, -0.2) is 8.42 Å². The fourth-order valence-corrected chi connectivity index (χ4v) is 2.97. The molecule has 0 heterocycles. The van der Waals surface area contributed by atoms with E-state index in [1.807, 2.05) is 6.92 Å². The Bertz CT molecular complexity index is 503. The predicted octanol–water partition coefficient (Wildman–Crippen LogP) is 2.75. The average molecular weight is 265 g/mol. The summed E-state index contributed by atoms with van der Waals surface area (Å²) in [6.07, 6.45) is 3.93. The predicted molar refractivity (Wildman–Crippen MR) is 74.9 cm³/mol. The molecular formula is C14H19NO2S. The first-order chi connectivity index (χ1) is 8.52. The van der Waals surface area contributed by atoms with Crippen molar-refractivity contribution in [1.29, 1.82) is 0 Å². The van der Waals surface area contributed by atoms with Gasteiger partial charge in [0.25, 0.3) is 0 Å². The Kier molecular flexibility index (Phi) is 5.31. The minimum Gasteiger partial charge on any atom is -0.207 e. The lowest BCUT2D eigenvalue weighted by atomic mass is 10.2. The molecular weight excluding hydrogens is 246 g/mol. The normalized spacial score (nSPS) is 11.4. The number of sulfonamides is 1. The highest BCUT2D eigenvalue weighted by molar-refractivity contribution is 7.89. The first kappa shape index (κ1) is 14.7. The van der Waals surface area contributed by atoms with Crippen LogP contribution in [0.1, 0.15) is 12.0 Å². The molecule has 0 aliphatic carbocycles. The van der Waals surface area contributed by atoms with Gasteiger partial charge in [-0.2, -0.15) is 4.31 Å². The lowest BCUT2D eigenvalue weighted by Crippen LogP contribution is -2.32. The Labute approximate surface area is 109 Å². The van der Waals surface area contributed by atoms with Crippen LogP contribution < -0.4 is 0 Å². The molecule has 0 N–H and O–H groups in total. The number of benzene rings is 1. The number of nitrogens with zero attached hydrogens (tertiary/aromatic N) is 1. The molecule has 0 saturated carbocycles. The number of hydrogen-bond acceptors (Lipinski definition) is 2. The van der Waals surface area contributed by atoms with Crippen LogP contribution in [0, 0.1) is 6.92 Å². The van der Waals surface area contributed by atoms with Crippen molar-refractivity contribution < 1.29 is 8.42 Å². The third-order valence-corrected chi connectivity index (χ3v) is 4.45. The zero-order valence-electron chi connectivity index (χ0n) is 10.7. The van der Waals surface area contributed by atoms with Gasteiger partial charge in [-0.15, -0.1) is 13.2 Å². The van der Waals surface area contributed by atoms with Gasteiger partial charge in [-0.3, -0.25) is 0 Å². The molecule has 0 spiro atoms. The van der Waals surface area contributed by atoms with Crippen LogP contribution in [0.5, 0.6) is 0 Å². The number of rotatable bonds is 7. The van der Waals surface area contributed by atoms with Crippen molar-refractivity contribution in [2.75, 3.05) is 13.1 Å². The molecule has 1 aromatic rings. The zero-order chi connectivity index (χ0) is 13.6. The van der Waals surface area contributed by atoms with Crippen molar-refractivity contribution in [3.05, 3.63) is 55.1 Å². The maximum Gasteiger partial charge on any atom is 0.243 e. The molecule has 0 unspecified atom stereocenters. The summed E-state index contributed by atoms with van der Waals surface area (Å²) in [5.41, 5.74) is 1.04. The van der Waals surface area contributed by atoms with Gasteiger partial charge in [0.2, 0.25) is 10.0 Å². The van der Waals surface area contributed by atoms with E-state index in [9.17, 15) is 8.42 Å². The molecule has 98 valence electrons. The van der Waals surface area contributed by atoms with E-state index < -0.39 is 10.0 Å². The molecule has 0 aromatic heterocycles.